The van der Waals surface area contributed by atoms with Crippen LogP contribution in [0.2, 0.25) is 0 Å². The molecule has 0 fully saturated rings. The first-order valence-electron chi connectivity index (χ1n) is 7.55. The molecule has 0 bridgehead atoms. The highest BCUT2D eigenvalue weighted by atomic mass is 35.5. The predicted molar refractivity (Wildman–Crippen MR) is 94.6 cm³/mol. The molecule has 2 aromatic rings. The van der Waals surface area contributed by atoms with Gasteiger partial charge in [-0.1, -0.05) is 12.1 Å². The van der Waals surface area contributed by atoms with Gasteiger partial charge < -0.3 is 24.3 Å². The van der Waals surface area contributed by atoms with Crippen molar-refractivity contribution in [3.63, 3.8) is 0 Å². The molecule has 2 aromatic carbocycles. The summed E-state index contributed by atoms with van der Waals surface area (Å²) in [6, 6.07) is 12.0. The van der Waals surface area contributed by atoms with Crippen molar-refractivity contribution in [2.75, 3.05) is 21.0 Å². The highest BCUT2D eigenvalue weighted by Crippen LogP contribution is 2.34. The fourth-order valence-electron chi connectivity index (χ4n) is 2.56. The van der Waals surface area contributed by atoms with Crippen LogP contribution in [0.5, 0.6) is 23.0 Å². The van der Waals surface area contributed by atoms with Gasteiger partial charge in [-0.25, -0.2) is 0 Å². The Balaban J connectivity index is 0.00000208. The molecule has 1 heterocycles. The van der Waals surface area contributed by atoms with Crippen LogP contribution in [-0.4, -0.2) is 21.0 Å². The van der Waals surface area contributed by atoms with Crippen molar-refractivity contribution in [2.45, 2.75) is 19.5 Å². The Morgan fingerprint density at radius 1 is 1.04 bits per heavy atom. The number of rotatable bonds is 6. The standard InChI is InChI=1S/C18H21NO4.ClH/c1-12(13-5-7-16-18(8-13)23-11-22-16)19-10-14-4-6-15(20-2)9-17(14)21-3;/h4-9,12,19H,10-11H2,1-3H3;1H. The predicted octanol–water partition coefficient (Wildman–Crippen LogP) is 3.71. The van der Waals surface area contributed by atoms with Gasteiger partial charge in [0, 0.05) is 24.2 Å². The summed E-state index contributed by atoms with van der Waals surface area (Å²) >= 11 is 0. The van der Waals surface area contributed by atoms with Gasteiger partial charge in [-0.05, 0) is 30.7 Å². The molecular weight excluding hydrogens is 330 g/mol. The molecule has 0 amide bonds. The minimum atomic E-state index is 0. The lowest BCUT2D eigenvalue weighted by Crippen LogP contribution is -2.18. The van der Waals surface area contributed by atoms with Crippen molar-refractivity contribution in [3.05, 3.63) is 47.5 Å². The number of ether oxygens (including phenoxy) is 4. The molecule has 0 saturated heterocycles. The Hall–Kier alpha value is -2.11. The van der Waals surface area contributed by atoms with E-state index < -0.39 is 0 Å². The minimum Gasteiger partial charge on any atom is -0.497 e. The topological polar surface area (TPSA) is 49.0 Å². The monoisotopic (exact) mass is 351 g/mol. The summed E-state index contributed by atoms with van der Waals surface area (Å²) in [4.78, 5) is 0. The number of hydrogen-bond donors (Lipinski definition) is 1. The maximum absolute atomic E-state index is 5.43. The number of halogens is 1. The van der Waals surface area contributed by atoms with Crippen molar-refractivity contribution in [2.24, 2.45) is 0 Å². The second kappa shape index (κ2) is 8.13. The summed E-state index contributed by atoms with van der Waals surface area (Å²) < 4.78 is 21.4. The molecule has 5 nitrogen and oxygen atoms in total. The highest BCUT2D eigenvalue weighted by Gasteiger charge is 2.16. The maximum atomic E-state index is 5.43. The molecule has 1 aliphatic rings. The first-order valence-corrected chi connectivity index (χ1v) is 7.55. The van der Waals surface area contributed by atoms with E-state index in [2.05, 4.69) is 18.3 Å². The third kappa shape index (κ3) is 3.86. The summed E-state index contributed by atoms with van der Waals surface area (Å²) in [6.45, 7) is 3.11. The molecule has 0 radical (unpaired) electrons. The normalized spacial score (nSPS) is 13.1. The summed E-state index contributed by atoms with van der Waals surface area (Å²) in [6.07, 6.45) is 0. The van der Waals surface area contributed by atoms with Crippen LogP contribution < -0.4 is 24.3 Å². The van der Waals surface area contributed by atoms with Gasteiger partial charge in [0.05, 0.1) is 14.2 Å². The third-order valence-corrected chi connectivity index (χ3v) is 3.99. The van der Waals surface area contributed by atoms with Gasteiger partial charge in [-0.3, -0.25) is 0 Å². The van der Waals surface area contributed by atoms with Gasteiger partial charge in [-0.2, -0.15) is 0 Å². The molecule has 24 heavy (non-hydrogen) atoms. The van der Waals surface area contributed by atoms with E-state index in [4.69, 9.17) is 18.9 Å². The van der Waals surface area contributed by atoms with Crippen LogP contribution in [0.3, 0.4) is 0 Å². The van der Waals surface area contributed by atoms with Gasteiger partial charge >= 0.3 is 0 Å². The summed E-state index contributed by atoms with van der Waals surface area (Å²) in [5.41, 5.74) is 2.24. The molecule has 0 spiro atoms. The van der Waals surface area contributed by atoms with Gasteiger partial charge in [0.1, 0.15) is 11.5 Å². The average molecular weight is 352 g/mol. The van der Waals surface area contributed by atoms with Crippen LogP contribution in [0.15, 0.2) is 36.4 Å². The molecule has 1 unspecified atom stereocenters. The van der Waals surface area contributed by atoms with Crippen molar-refractivity contribution < 1.29 is 18.9 Å². The molecular formula is C18H22ClNO4. The first kappa shape index (κ1) is 18.2. The zero-order valence-electron chi connectivity index (χ0n) is 14.0. The van der Waals surface area contributed by atoms with E-state index in [1.165, 1.54) is 0 Å². The molecule has 0 aromatic heterocycles. The van der Waals surface area contributed by atoms with E-state index in [1.54, 1.807) is 14.2 Å². The van der Waals surface area contributed by atoms with E-state index in [1.807, 2.05) is 30.3 Å². The van der Waals surface area contributed by atoms with Crippen LogP contribution >= 0.6 is 12.4 Å². The van der Waals surface area contributed by atoms with Crippen molar-refractivity contribution in [1.29, 1.82) is 0 Å². The Morgan fingerprint density at radius 3 is 2.58 bits per heavy atom. The van der Waals surface area contributed by atoms with E-state index in [0.29, 0.717) is 13.3 Å². The number of hydrogen-bond acceptors (Lipinski definition) is 5. The zero-order chi connectivity index (χ0) is 16.2. The quantitative estimate of drug-likeness (QED) is 0.859. The Morgan fingerprint density at radius 2 is 1.83 bits per heavy atom. The van der Waals surface area contributed by atoms with Crippen LogP contribution in [0.4, 0.5) is 0 Å². The lowest BCUT2D eigenvalue weighted by Gasteiger charge is -2.16. The van der Waals surface area contributed by atoms with Crippen LogP contribution in [0, 0.1) is 0 Å². The molecule has 130 valence electrons. The van der Waals surface area contributed by atoms with Gasteiger partial charge in [0.25, 0.3) is 0 Å². The lowest BCUT2D eigenvalue weighted by atomic mass is 10.1. The summed E-state index contributed by atoms with van der Waals surface area (Å²) in [5.74, 6) is 3.21. The van der Waals surface area contributed by atoms with Crippen molar-refractivity contribution in [3.8, 4) is 23.0 Å². The second-order valence-electron chi connectivity index (χ2n) is 5.39. The van der Waals surface area contributed by atoms with Crippen LogP contribution in [0.25, 0.3) is 0 Å². The fraction of sp³-hybridized carbons (Fsp3) is 0.333. The van der Waals surface area contributed by atoms with Crippen molar-refractivity contribution in [1.82, 2.24) is 5.32 Å². The lowest BCUT2D eigenvalue weighted by molar-refractivity contribution is 0.174. The van der Waals surface area contributed by atoms with Gasteiger partial charge in [0.2, 0.25) is 6.79 Å². The number of benzene rings is 2. The van der Waals surface area contributed by atoms with E-state index >= 15 is 0 Å². The smallest absolute Gasteiger partial charge is 0.231 e. The Bertz CT molecular complexity index is 693. The molecule has 0 aliphatic carbocycles. The SMILES string of the molecule is COc1ccc(CNC(C)c2ccc3c(c2)OCO3)c(OC)c1.Cl. The van der Waals surface area contributed by atoms with Gasteiger partial charge in [0.15, 0.2) is 11.5 Å². The molecule has 0 saturated carbocycles. The highest BCUT2D eigenvalue weighted by molar-refractivity contribution is 5.85. The Kier molecular flexibility index (Phi) is 6.17. The molecule has 1 aliphatic heterocycles. The molecule has 1 N–H and O–H groups in total. The van der Waals surface area contributed by atoms with E-state index in [0.717, 1.165) is 34.1 Å². The molecule has 3 rings (SSSR count). The minimum absolute atomic E-state index is 0. The van der Waals surface area contributed by atoms with E-state index in [9.17, 15) is 0 Å². The van der Waals surface area contributed by atoms with Crippen molar-refractivity contribution >= 4 is 12.4 Å². The molecule has 1 atom stereocenters. The van der Waals surface area contributed by atoms with Crippen LogP contribution in [0.1, 0.15) is 24.1 Å². The first-order chi connectivity index (χ1) is 11.2. The Labute approximate surface area is 148 Å². The fourth-order valence-corrected chi connectivity index (χ4v) is 2.56. The average Bonchev–Trinajstić information content (AvgIpc) is 3.07. The maximum Gasteiger partial charge on any atom is 0.231 e. The van der Waals surface area contributed by atoms with E-state index in [-0.39, 0.29) is 18.4 Å². The number of methoxy groups -OCH3 is 2. The number of fused-ring (bicyclic) bond motifs is 1. The third-order valence-electron chi connectivity index (χ3n) is 3.99. The molecule has 6 heteroatoms. The number of nitrogens with one attached hydrogen (secondary N) is 1. The summed E-state index contributed by atoms with van der Waals surface area (Å²) in [7, 11) is 3.31. The van der Waals surface area contributed by atoms with Crippen LogP contribution in [-0.2, 0) is 6.54 Å². The van der Waals surface area contributed by atoms with Gasteiger partial charge in [-0.15, -0.1) is 12.4 Å². The second-order valence-corrected chi connectivity index (χ2v) is 5.39. The zero-order valence-corrected chi connectivity index (χ0v) is 14.8. The largest absolute Gasteiger partial charge is 0.497 e. The summed E-state index contributed by atoms with van der Waals surface area (Å²) in [5, 5.41) is 3.50.